The maximum absolute atomic E-state index is 13.0. The number of rotatable bonds is 5. The summed E-state index contributed by atoms with van der Waals surface area (Å²) in [6, 6.07) is 18.7. The van der Waals surface area contributed by atoms with Crippen molar-refractivity contribution in [3.05, 3.63) is 88.7 Å². The molecule has 0 saturated carbocycles. The molecule has 0 radical (unpaired) electrons. The van der Waals surface area contributed by atoms with E-state index in [4.69, 9.17) is 11.6 Å². The number of carbonyl (C=O) groups excluding carboxylic acids is 1. The predicted molar refractivity (Wildman–Crippen MR) is 103 cm³/mol. The normalized spacial score (nSPS) is 10.8. The van der Waals surface area contributed by atoms with Crippen molar-refractivity contribution in [3.8, 4) is 0 Å². The van der Waals surface area contributed by atoms with Crippen molar-refractivity contribution in [1.82, 2.24) is 15.2 Å². The van der Waals surface area contributed by atoms with Crippen molar-refractivity contribution in [2.24, 2.45) is 0 Å². The first kappa shape index (κ1) is 16.3. The lowest BCUT2D eigenvalue weighted by Crippen LogP contribution is -2.10. The van der Waals surface area contributed by atoms with Crippen LogP contribution in [-0.2, 0) is 6.54 Å². The van der Waals surface area contributed by atoms with Crippen molar-refractivity contribution in [3.63, 3.8) is 0 Å². The summed E-state index contributed by atoms with van der Waals surface area (Å²) in [5.74, 6) is 0.341. The molecular formula is C20H15ClN4O. The predicted octanol–water partition coefficient (Wildman–Crippen LogP) is 4.45. The molecule has 0 aliphatic rings. The molecule has 6 heteroatoms. The topological polar surface area (TPSA) is 70.7 Å². The van der Waals surface area contributed by atoms with Crippen LogP contribution in [0.4, 0.5) is 5.82 Å². The summed E-state index contributed by atoms with van der Waals surface area (Å²) in [6.45, 7) is 0.578. The number of benzene rings is 2. The number of H-pyrrole nitrogens is 1. The average Bonchev–Trinajstić information content (AvgIpc) is 3.10. The molecule has 0 aliphatic heterocycles. The summed E-state index contributed by atoms with van der Waals surface area (Å²) in [5, 5.41) is 11.6. The largest absolute Gasteiger partial charge is 0.365 e. The van der Waals surface area contributed by atoms with Crippen LogP contribution < -0.4 is 5.32 Å². The number of carbonyl (C=O) groups is 1. The zero-order valence-electron chi connectivity index (χ0n) is 13.7. The van der Waals surface area contributed by atoms with Gasteiger partial charge in [0, 0.05) is 23.2 Å². The molecule has 0 bridgehead atoms. The monoisotopic (exact) mass is 362 g/mol. The number of nitrogens with zero attached hydrogens (tertiary/aromatic N) is 2. The van der Waals surface area contributed by atoms with Crippen LogP contribution in [0, 0.1) is 0 Å². The molecule has 26 heavy (non-hydrogen) atoms. The number of aromatic amines is 1. The second-order valence-electron chi connectivity index (χ2n) is 5.83. The third-order valence-electron chi connectivity index (χ3n) is 4.10. The minimum atomic E-state index is -0.192. The Bertz CT molecular complexity index is 1080. The van der Waals surface area contributed by atoms with Gasteiger partial charge in [-0.15, -0.1) is 0 Å². The minimum absolute atomic E-state index is 0.192. The van der Waals surface area contributed by atoms with E-state index in [1.54, 1.807) is 36.5 Å². The number of hydrogen-bond donors (Lipinski definition) is 2. The summed E-state index contributed by atoms with van der Waals surface area (Å²) in [4.78, 5) is 17.4. The van der Waals surface area contributed by atoms with E-state index in [9.17, 15) is 4.79 Å². The Balaban J connectivity index is 1.65. The van der Waals surface area contributed by atoms with Gasteiger partial charge in [-0.25, -0.2) is 4.98 Å². The maximum atomic E-state index is 13.0. The van der Waals surface area contributed by atoms with E-state index < -0.39 is 0 Å². The van der Waals surface area contributed by atoms with E-state index in [0.717, 1.165) is 16.5 Å². The lowest BCUT2D eigenvalue weighted by atomic mass is 10.1. The molecule has 0 aliphatic carbocycles. The number of aromatic nitrogens is 3. The Morgan fingerprint density at radius 1 is 1.08 bits per heavy atom. The number of pyridine rings is 1. The smallest absolute Gasteiger partial charge is 0.217 e. The van der Waals surface area contributed by atoms with E-state index in [2.05, 4.69) is 20.5 Å². The van der Waals surface area contributed by atoms with Crippen molar-refractivity contribution in [2.75, 3.05) is 5.32 Å². The van der Waals surface area contributed by atoms with Crippen molar-refractivity contribution in [2.45, 2.75) is 6.54 Å². The van der Waals surface area contributed by atoms with E-state index in [-0.39, 0.29) is 5.78 Å². The van der Waals surface area contributed by atoms with Crippen molar-refractivity contribution < 1.29 is 4.79 Å². The Kier molecular flexibility index (Phi) is 4.37. The summed E-state index contributed by atoms with van der Waals surface area (Å²) >= 11 is 6.00. The Morgan fingerprint density at radius 3 is 2.77 bits per heavy atom. The Hall–Kier alpha value is -3.18. The summed E-state index contributed by atoms with van der Waals surface area (Å²) in [6.07, 6.45) is 1.66. The lowest BCUT2D eigenvalue weighted by Gasteiger charge is -2.09. The van der Waals surface area contributed by atoms with E-state index >= 15 is 0 Å². The standard InChI is InChI=1S/C20H15ClN4O/c21-14-8-9-15-17(11-14)24-25-18(15)19(26)16-7-4-10-22-20(16)23-12-13-5-2-1-3-6-13/h1-11H,12H2,(H,22,23)(H,24,25). The molecule has 2 aromatic heterocycles. The molecule has 0 atom stereocenters. The third-order valence-corrected chi connectivity index (χ3v) is 4.33. The molecule has 0 amide bonds. The third kappa shape index (κ3) is 3.17. The summed E-state index contributed by atoms with van der Waals surface area (Å²) < 4.78 is 0. The molecule has 0 fully saturated rings. The number of nitrogens with one attached hydrogen (secondary N) is 2. The van der Waals surface area contributed by atoms with Crippen LogP contribution >= 0.6 is 11.6 Å². The van der Waals surface area contributed by atoms with E-state index in [1.165, 1.54) is 0 Å². The lowest BCUT2D eigenvalue weighted by molar-refractivity contribution is 0.103. The van der Waals surface area contributed by atoms with E-state index in [0.29, 0.717) is 28.6 Å². The first-order chi connectivity index (χ1) is 12.7. The molecule has 2 N–H and O–H groups in total. The molecule has 2 heterocycles. The fourth-order valence-corrected chi connectivity index (χ4v) is 2.98. The number of ketones is 1. The Morgan fingerprint density at radius 2 is 1.92 bits per heavy atom. The van der Waals surface area contributed by atoms with Crippen LogP contribution in [0.3, 0.4) is 0 Å². The SMILES string of the molecule is O=C(c1cccnc1NCc1ccccc1)c1n[nH]c2cc(Cl)ccc12. The highest BCUT2D eigenvalue weighted by molar-refractivity contribution is 6.31. The van der Waals surface area contributed by atoms with Gasteiger partial charge in [0.25, 0.3) is 0 Å². The Labute approximate surface area is 155 Å². The van der Waals surface area contributed by atoms with Gasteiger partial charge in [-0.3, -0.25) is 9.89 Å². The van der Waals surface area contributed by atoms with Gasteiger partial charge >= 0.3 is 0 Å². The van der Waals surface area contributed by atoms with Crippen LogP contribution in [0.1, 0.15) is 21.6 Å². The number of anilines is 1. The average molecular weight is 363 g/mol. The van der Waals surface area contributed by atoms with Crippen LogP contribution in [0.25, 0.3) is 10.9 Å². The molecule has 0 saturated heterocycles. The maximum Gasteiger partial charge on any atom is 0.217 e. The molecule has 0 unspecified atom stereocenters. The highest BCUT2D eigenvalue weighted by Gasteiger charge is 2.19. The van der Waals surface area contributed by atoms with Gasteiger partial charge in [0.1, 0.15) is 11.5 Å². The molecule has 128 valence electrons. The highest BCUT2D eigenvalue weighted by Crippen LogP contribution is 2.24. The van der Waals surface area contributed by atoms with Crippen molar-refractivity contribution >= 4 is 34.1 Å². The number of hydrogen-bond acceptors (Lipinski definition) is 4. The first-order valence-corrected chi connectivity index (χ1v) is 8.51. The second kappa shape index (κ2) is 6.98. The van der Waals surface area contributed by atoms with Crippen LogP contribution in [0.15, 0.2) is 66.9 Å². The van der Waals surface area contributed by atoms with Crippen LogP contribution in [-0.4, -0.2) is 21.0 Å². The first-order valence-electron chi connectivity index (χ1n) is 8.13. The summed E-state index contributed by atoms with van der Waals surface area (Å²) in [5.41, 5.74) is 2.67. The fraction of sp³-hybridized carbons (Fsp3) is 0.0500. The number of fused-ring (bicyclic) bond motifs is 1. The molecule has 2 aromatic carbocycles. The number of halogens is 1. The van der Waals surface area contributed by atoms with Gasteiger partial charge in [0.05, 0.1) is 11.1 Å². The summed E-state index contributed by atoms with van der Waals surface area (Å²) in [7, 11) is 0. The van der Waals surface area contributed by atoms with Gasteiger partial charge in [-0.05, 0) is 35.9 Å². The molecule has 5 nitrogen and oxygen atoms in total. The molecular weight excluding hydrogens is 348 g/mol. The van der Waals surface area contributed by atoms with Crippen LogP contribution in [0.2, 0.25) is 5.02 Å². The van der Waals surface area contributed by atoms with Crippen molar-refractivity contribution in [1.29, 1.82) is 0 Å². The zero-order valence-corrected chi connectivity index (χ0v) is 14.5. The quantitative estimate of drug-likeness (QED) is 0.514. The highest BCUT2D eigenvalue weighted by atomic mass is 35.5. The van der Waals surface area contributed by atoms with Gasteiger partial charge < -0.3 is 5.32 Å². The molecule has 4 rings (SSSR count). The molecule has 0 spiro atoms. The molecule has 4 aromatic rings. The van der Waals surface area contributed by atoms with Gasteiger partial charge in [-0.2, -0.15) is 5.10 Å². The zero-order chi connectivity index (χ0) is 17.9. The van der Waals surface area contributed by atoms with Crippen LogP contribution in [0.5, 0.6) is 0 Å². The van der Waals surface area contributed by atoms with Gasteiger partial charge in [-0.1, -0.05) is 41.9 Å². The second-order valence-corrected chi connectivity index (χ2v) is 6.27. The van der Waals surface area contributed by atoms with Gasteiger partial charge in [0.15, 0.2) is 0 Å². The van der Waals surface area contributed by atoms with E-state index in [1.807, 2.05) is 30.3 Å². The minimum Gasteiger partial charge on any atom is -0.365 e. The fourth-order valence-electron chi connectivity index (χ4n) is 2.80. The van der Waals surface area contributed by atoms with Gasteiger partial charge in [0.2, 0.25) is 5.78 Å².